The van der Waals surface area contributed by atoms with E-state index in [1.807, 2.05) is 43.6 Å². The Bertz CT molecular complexity index is 1000. The molecule has 1 saturated heterocycles. The number of nitrogens with one attached hydrogen (secondary N) is 1. The molecule has 29 heavy (non-hydrogen) atoms. The Morgan fingerprint density at radius 2 is 2.03 bits per heavy atom. The highest BCUT2D eigenvalue weighted by atomic mass is 16.6. The van der Waals surface area contributed by atoms with Crippen molar-refractivity contribution in [2.45, 2.75) is 51.7 Å². The molecule has 0 aromatic carbocycles. The molecule has 1 N–H and O–H groups in total. The van der Waals surface area contributed by atoms with Crippen molar-refractivity contribution in [2.24, 2.45) is 0 Å². The van der Waals surface area contributed by atoms with Gasteiger partial charge in [-0.1, -0.05) is 0 Å². The molecule has 0 atom stereocenters. The summed E-state index contributed by atoms with van der Waals surface area (Å²) >= 11 is 0. The minimum atomic E-state index is -0.577. The third-order valence-electron chi connectivity index (χ3n) is 4.84. The Balaban J connectivity index is 1.66. The summed E-state index contributed by atoms with van der Waals surface area (Å²) in [6.45, 7) is 5.69. The number of imide groups is 1. The molecule has 0 bridgehead atoms. The Hall–Kier alpha value is -3.10. The molecule has 3 heterocycles. The number of pyridine rings is 1. The van der Waals surface area contributed by atoms with E-state index in [1.54, 1.807) is 7.05 Å². The van der Waals surface area contributed by atoms with E-state index in [0.29, 0.717) is 22.9 Å². The fraction of sp³-hybridized carbons (Fsp3) is 0.500. The first-order chi connectivity index (χ1) is 13.6. The van der Waals surface area contributed by atoms with Crippen LogP contribution >= 0.6 is 0 Å². The lowest BCUT2D eigenvalue weighted by Gasteiger charge is -2.24. The Labute approximate surface area is 168 Å². The molecule has 0 unspecified atom stereocenters. The second kappa shape index (κ2) is 6.75. The maximum absolute atomic E-state index is 12.3. The fourth-order valence-electron chi connectivity index (χ4n) is 3.35. The topological polar surface area (TPSA) is 96.3 Å². The maximum Gasteiger partial charge on any atom is 0.410 e. The summed E-state index contributed by atoms with van der Waals surface area (Å²) in [6.07, 6.45) is 5.65. The Morgan fingerprint density at radius 1 is 1.31 bits per heavy atom. The fourth-order valence-corrected chi connectivity index (χ4v) is 3.35. The van der Waals surface area contributed by atoms with Crippen molar-refractivity contribution in [1.82, 2.24) is 19.6 Å². The number of ether oxygens (including phenoxy) is 1. The molecule has 154 valence electrons. The number of carbonyl (C=O) groups excluding carboxylic acids is 3. The summed E-state index contributed by atoms with van der Waals surface area (Å²) in [6, 6.07) is 1.50. The van der Waals surface area contributed by atoms with Gasteiger partial charge in [0.2, 0.25) is 5.91 Å². The predicted molar refractivity (Wildman–Crippen MR) is 106 cm³/mol. The zero-order chi connectivity index (χ0) is 20.9. The number of aromatic nitrogens is 2. The molecule has 2 aliphatic rings. The molecule has 0 radical (unpaired) electrons. The van der Waals surface area contributed by atoms with Crippen LogP contribution in [0.2, 0.25) is 0 Å². The van der Waals surface area contributed by atoms with Crippen molar-refractivity contribution in [3.05, 3.63) is 29.7 Å². The second-order valence-corrected chi connectivity index (χ2v) is 8.67. The zero-order valence-corrected chi connectivity index (χ0v) is 17.1. The number of hydrogen-bond donors (Lipinski definition) is 1. The Morgan fingerprint density at radius 3 is 2.62 bits per heavy atom. The van der Waals surface area contributed by atoms with E-state index < -0.39 is 17.7 Å². The lowest BCUT2D eigenvalue weighted by Crippen LogP contribution is -2.33. The summed E-state index contributed by atoms with van der Waals surface area (Å²) in [5.74, 6) is 0.135. The van der Waals surface area contributed by atoms with Gasteiger partial charge in [0.1, 0.15) is 12.1 Å². The van der Waals surface area contributed by atoms with Crippen LogP contribution in [-0.2, 0) is 16.1 Å². The summed E-state index contributed by atoms with van der Waals surface area (Å²) in [4.78, 5) is 43.7. The van der Waals surface area contributed by atoms with E-state index in [4.69, 9.17) is 4.74 Å². The van der Waals surface area contributed by atoms with Crippen LogP contribution in [0.25, 0.3) is 5.65 Å². The number of rotatable bonds is 4. The number of anilines is 1. The molecule has 4 rings (SSSR count). The van der Waals surface area contributed by atoms with E-state index in [2.05, 4.69) is 10.3 Å². The summed E-state index contributed by atoms with van der Waals surface area (Å²) in [5.41, 5.74) is 2.38. The number of fused-ring (bicyclic) bond motifs is 1. The van der Waals surface area contributed by atoms with E-state index in [9.17, 15) is 14.4 Å². The van der Waals surface area contributed by atoms with Gasteiger partial charge in [-0.15, -0.1) is 0 Å². The predicted octanol–water partition coefficient (Wildman–Crippen LogP) is 2.63. The SMILES string of the molecule is CN(Cc1cn2cc(C3CC3)cc(N3CC(=O)NC3=O)c2n1)C(=O)OC(C)(C)C. The van der Waals surface area contributed by atoms with E-state index in [0.717, 1.165) is 18.4 Å². The zero-order valence-electron chi connectivity index (χ0n) is 17.1. The standard InChI is InChI=1S/C20H25N5O4/c1-20(2,3)29-19(28)23(4)9-14-10-24-8-13(12-5-6-12)7-15(17(24)21-14)25-11-16(26)22-18(25)27/h7-8,10,12H,5-6,9,11H2,1-4H3,(H,22,26,27). The number of amides is 4. The smallest absolute Gasteiger partial charge is 0.410 e. The molecule has 0 spiro atoms. The van der Waals surface area contributed by atoms with Crippen molar-refractivity contribution in [3.63, 3.8) is 0 Å². The maximum atomic E-state index is 12.3. The first-order valence-corrected chi connectivity index (χ1v) is 9.68. The summed E-state index contributed by atoms with van der Waals surface area (Å²) in [7, 11) is 1.65. The van der Waals surface area contributed by atoms with Gasteiger partial charge in [0, 0.05) is 19.4 Å². The molecule has 1 aliphatic carbocycles. The second-order valence-electron chi connectivity index (χ2n) is 8.67. The van der Waals surface area contributed by atoms with Crippen LogP contribution in [0.15, 0.2) is 18.5 Å². The van der Waals surface area contributed by atoms with Crippen LogP contribution in [0.5, 0.6) is 0 Å². The summed E-state index contributed by atoms with van der Waals surface area (Å²) < 4.78 is 7.26. The van der Waals surface area contributed by atoms with Crippen molar-refractivity contribution in [1.29, 1.82) is 0 Å². The third kappa shape index (κ3) is 4.03. The Kier molecular flexibility index (Phi) is 4.48. The minimum absolute atomic E-state index is 0.0252. The molecule has 1 saturated carbocycles. The molecule has 2 aromatic heterocycles. The van der Waals surface area contributed by atoms with Crippen LogP contribution < -0.4 is 10.2 Å². The van der Waals surface area contributed by atoms with Crippen molar-refractivity contribution in [2.75, 3.05) is 18.5 Å². The molecular weight excluding hydrogens is 374 g/mol. The van der Waals surface area contributed by atoms with Gasteiger partial charge in [0.05, 0.1) is 17.9 Å². The van der Waals surface area contributed by atoms with Gasteiger partial charge in [-0.05, 0) is 51.2 Å². The summed E-state index contributed by atoms with van der Waals surface area (Å²) in [5, 5.41) is 2.31. The molecule has 9 heteroatoms. The van der Waals surface area contributed by atoms with Gasteiger partial charge in [0.15, 0.2) is 5.65 Å². The van der Waals surface area contributed by atoms with Crippen LogP contribution in [-0.4, -0.2) is 51.5 Å². The minimum Gasteiger partial charge on any atom is -0.444 e. The van der Waals surface area contributed by atoms with Crippen molar-refractivity contribution in [3.8, 4) is 0 Å². The van der Waals surface area contributed by atoms with Crippen LogP contribution in [0.4, 0.5) is 15.3 Å². The third-order valence-corrected chi connectivity index (χ3v) is 4.84. The van der Waals surface area contributed by atoms with Crippen molar-refractivity contribution >= 4 is 29.4 Å². The lowest BCUT2D eigenvalue weighted by molar-refractivity contribution is -0.117. The first kappa shape index (κ1) is 19.2. The van der Waals surface area contributed by atoms with Crippen LogP contribution in [0.1, 0.15) is 50.8 Å². The van der Waals surface area contributed by atoms with E-state index >= 15 is 0 Å². The number of nitrogens with zero attached hydrogens (tertiary/aromatic N) is 4. The van der Waals surface area contributed by atoms with Gasteiger partial charge in [0.25, 0.3) is 0 Å². The van der Waals surface area contributed by atoms with E-state index in [-0.39, 0.29) is 19.0 Å². The molecular formula is C20H25N5O4. The number of imidazole rings is 1. The largest absolute Gasteiger partial charge is 0.444 e. The number of urea groups is 1. The van der Waals surface area contributed by atoms with Gasteiger partial charge < -0.3 is 14.0 Å². The average Bonchev–Trinajstić information content (AvgIpc) is 3.29. The highest BCUT2D eigenvalue weighted by molar-refractivity contribution is 6.13. The van der Waals surface area contributed by atoms with Gasteiger partial charge in [-0.2, -0.15) is 0 Å². The number of hydrogen-bond acceptors (Lipinski definition) is 5. The van der Waals surface area contributed by atoms with E-state index in [1.165, 1.54) is 9.80 Å². The molecule has 4 amide bonds. The van der Waals surface area contributed by atoms with Gasteiger partial charge >= 0.3 is 12.1 Å². The molecule has 2 fully saturated rings. The highest BCUT2D eigenvalue weighted by Gasteiger charge is 2.32. The average molecular weight is 399 g/mol. The monoisotopic (exact) mass is 399 g/mol. The quantitative estimate of drug-likeness (QED) is 0.798. The molecule has 1 aliphatic heterocycles. The van der Waals surface area contributed by atoms with Gasteiger partial charge in [-0.3, -0.25) is 15.0 Å². The lowest BCUT2D eigenvalue weighted by atomic mass is 10.1. The first-order valence-electron chi connectivity index (χ1n) is 9.68. The van der Waals surface area contributed by atoms with Gasteiger partial charge in [-0.25, -0.2) is 14.6 Å². The van der Waals surface area contributed by atoms with Crippen LogP contribution in [0.3, 0.4) is 0 Å². The molecule has 9 nitrogen and oxygen atoms in total. The normalized spacial score (nSPS) is 17.0. The van der Waals surface area contributed by atoms with Crippen molar-refractivity contribution < 1.29 is 19.1 Å². The molecule has 2 aromatic rings. The number of carbonyl (C=O) groups is 3. The van der Waals surface area contributed by atoms with Crippen LogP contribution in [0, 0.1) is 0 Å². The highest BCUT2D eigenvalue weighted by Crippen LogP contribution is 2.42.